The van der Waals surface area contributed by atoms with Gasteiger partial charge in [-0.3, -0.25) is 4.79 Å². The van der Waals surface area contributed by atoms with Crippen LogP contribution in [0.4, 0.5) is 0 Å². The number of Topliss-reactive ketones (excluding diaryl/α,β-unsaturated/α-hetero) is 1. The molecule has 1 nitrogen and oxygen atoms in total. The number of rotatable bonds is 4. The quantitative estimate of drug-likeness (QED) is 0.633. The van der Waals surface area contributed by atoms with Crippen molar-refractivity contribution in [3.63, 3.8) is 0 Å². The maximum atomic E-state index is 11.2. The zero-order valence-corrected chi connectivity index (χ0v) is 8.67. The lowest BCUT2D eigenvalue weighted by Gasteiger charge is -2.18. The third-order valence-corrected chi connectivity index (χ3v) is 2.46. The third-order valence-electron chi connectivity index (χ3n) is 1.47. The van der Waals surface area contributed by atoms with Gasteiger partial charge in [-0.2, -0.15) is 0 Å². The lowest BCUT2D eigenvalue weighted by Crippen LogP contribution is -2.25. The van der Waals surface area contributed by atoms with Gasteiger partial charge in [-0.25, -0.2) is 0 Å². The van der Waals surface area contributed by atoms with Gasteiger partial charge in [-0.05, 0) is 6.92 Å². The third kappa shape index (κ3) is 4.65. The first-order valence-electron chi connectivity index (χ1n) is 3.66. The van der Waals surface area contributed by atoms with Gasteiger partial charge in [0.25, 0.3) is 0 Å². The zero-order chi connectivity index (χ0) is 9.07. The van der Waals surface area contributed by atoms with E-state index in [0.717, 1.165) is 0 Å². The first-order valence-corrected chi connectivity index (χ1v) is 4.58. The minimum atomic E-state index is -0.567. The minimum Gasteiger partial charge on any atom is -0.299 e. The standard InChI is InChI=1S/C8H14Cl2O/c1-6(2)7(11)4-8(3,10)5-9/h6H,4-5H2,1-3H3. The van der Waals surface area contributed by atoms with E-state index in [1.807, 2.05) is 13.8 Å². The molecule has 0 aromatic carbocycles. The van der Waals surface area contributed by atoms with E-state index in [-0.39, 0.29) is 11.7 Å². The van der Waals surface area contributed by atoms with Crippen LogP contribution >= 0.6 is 23.2 Å². The van der Waals surface area contributed by atoms with E-state index in [1.165, 1.54) is 0 Å². The number of hydrogen-bond acceptors (Lipinski definition) is 1. The highest BCUT2D eigenvalue weighted by molar-refractivity contribution is 6.31. The van der Waals surface area contributed by atoms with Crippen molar-refractivity contribution in [3.05, 3.63) is 0 Å². The van der Waals surface area contributed by atoms with Gasteiger partial charge in [-0.15, -0.1) is 23.2 Å². The molecule has 0 saturated heterocycles. The summed E-state index contributed by atoms with van der Waals surface area (Å²) in [5.41, 5.74) is 0. The second-order valence-electron chi connectivity index (χ2n) is 3.34. The molecular weight excluding hydrogens is 183 g/mol. The number of alkyl halides is 2. The average Bonchev–Trinajstić information content (AvgIpc) is 1.87. The van der Waals surface area contributed by atoms with Crippen molar-refractivity contribution in [2.45, 2.75) is 32.1 Å². The highest BCUT2D eigenvalue weighted by Crippen LogP contribution is 2.22. The Balaban J connectivity index is 3.94. The topological polar surface area (TPSA) is 17.1 Å². The SMILES string of the molecule is CC(C)C(=O)CC(C)(Cl)CCl. The first-order chi connectivity index (χ1) is 4.89. The van der Waals surface area contributed by atoms with Crippen LogP contribution in [0.2, 0.25) is 0 Å². The first kappa shape index (κ1) is 11.2. The van der Waals surface area contributed by atoms with Crippen molar-refractivity contribution >= 4 is 29.0 Å². The number of carbonyl (C=O) groups excluding carboxylic acids is 1. The Morgan fingerprint density at radius 1 is 1.55 bits per heavy atom. The van der Waals surface area contributed by atoms with Gasteiger partial charge in [0.2, 0.25) is 0 Å². The fraction of sp³-hybridized carbons (Fsp3) is 0.875. The van der Waals surface area contributed by atoms with Crippen LogP contribution in [0.1, 0.15) is 27.2 Å². The molecule has 3 heteroatoms. The summed E-state index contributed by atoms with van der Waals surface area (Å²) in [4.78, 5) is 10.6. The maximum absolute atomic E-state index is 11.2. The molecule has 0 radical (unpaired) electrons. The van der Waals surface area contributed by atoms with E-state index in [9.17, 15) is 4.79 Å². The largest absolute Gasteiger partial charge is 0.299 e. The molecule has 0 aromatic heterocycles. The van der Waals surface area contributed by atoms with Gasteiger partial charge in [0.1, 0.15) is 5.78 Å². The molecule has 0 saturated carbocycles. The molecule has 1 atom stereocenters. The maximum Gasteiger partial charge on any atom is 0.137 e. The van der Waals surface area contributed by atoms with Crippen LogP contribution in [0, 0.1) is 5.92 Å². The van der Waals surface area contributed by atoms with E-state index in [4.69, 9.17) is 23.2 Å². The molecule has 0 fully saturated rings. The number of halogens is 2. The molecule has 11 heavy (non-hydrogen) atoms. The van der Waals surface area contributed by atoms with Crippen LogP contribution in [0.25, 0.3) is 0 Å². The van der Waals surface area contributed by atoms with Crippen LogP contribution in [-0.2, 0) is 4.79 Å². The second kappa shape index (κ2) is 4.32. The van der Waals surface area contributed by atoms with Gasteiger partial charge < -0.3 is 0 Å². The van der Waals surface area contributed by atoms with E-state index in [2.05, 4.69) is 0 Å². The fourth-order valence-corrected chi connectivity index (χ4v) is 0.841. The lowest BCUT2D eigenvalue weighted by atomic mass is 9.99. The zero-order valence-electron chi connectivity index (χ0n) is 7.16. The van der Waals surface area contributed by atoms with Crippen molar-refractivity contribution < 1.29 is 4.79 Å². The summed E-state index contributed by atoms with van der Waals surface area (Å²) >= 11 is 11.5. The Hall–Kier alpha value is 0.250. The molecule has 0 aliphatic carbocycles. The molecule has 0 amide bonds. The highest BCUT2D eigenvalue weighted by atomic mass is 35.5. The molecule has 0 aliphatic rings. The number of hydrogen-bond donors (Lipinski definition) is 0. The molecule has 0 spiro atoms. The summed E-state index contributed by atoms with van der Waals surface area (Å²) in [6, 6.07) is 0. The Morgan fingerprint density at radius 2 is 2.00 bits per heavy atom. The minimum absolute atomic E-state index is 0.0521. The van der Waals surface area contributed by atoms with Crippen LogP contribution in [0.3, 0.4) is 0 Å². The predicted octanol–water partition coefficient (Wildman–Crippen LogP) is 2.84. The smallest absolute Gasteiger partial charge is 0.137 e. The van der Waals surface area contributed by atoms with E-state index < -0.39 is 4.87 Å². The monoisotopic (exact) mass is 196 g/mol. The Labute approximate surface area is 78.1 Å². The molecule has 0 rings (SSSR count). The summed E-state index contributed by atoms with van der Waals surface area (Å²) in [7, 11) is 0. The van der Waals surface area contributed by atoms with E-state index in [0.29, 0.717) is 12.3 Å². The van der Waals surface area contributed by atoms with Crippen molar-refractivity contribution in [2.24, 2.45) is 5.92 Å². The average molecular weight is 197 g/mol. The van der Waals surface area contributed by atoms with Gasteiger partial charge in [0, 0.05) is 18.2 Å². The Bertz CT molecular complexity index is 141. The van der Waals surface area contributed by atoms with Crippen LogP contribution < -0.4 is 0 Å². The van der Waals surface area contributed by atoms with Gasteiger partial charge in [0.15, 0.2) is 0 Å². The summed E-state index contributed by atoms with van der Waals surface area (Å²) in [5, 5.41) is 0. The summed E-state index contributed by atoms with van der Waals surface area (Å²) in [5.74, 6) is 0.534. The van der Waals surface area contributed by atoms with E-state index in [1.54, 1.807) is 6.92 Å². The molecular formula is C8H14Cl2O. The van der Waals surface area contributed by atoms with Crippen molar-refractivity contribution in [2.75, 3.05) is 5.88 Å². The molecule has 0 heterocycles. The molecule has 0 aliphatic heterocycles. The van der Waals surface area contributed by atoms with Crippen LogP contribution in [-0.4, -0.2) is 16.5 Å². The summed E-state index contributed by atoms with van der Waals surface area (Å²) in [6.45, 7) is 5.51. The summed E-state index contributed by atoms with van der Waals surface area (Å²) in [6.07, 6.45) is 0.357. The number of carbonyl (C=O) groups is 1. The van der Waals surface area contributed by atoms with Crippen molar-refractivity contribution in [3.8, 4) is 0 Å². The molecule has 0 N–H and O–H groups in total. The van der Waals surface area contributed by atoms with Crippen molar-refractivity contribution in [1.82, 2.24) is 0 Å². The van der Waals surface area contributed by atoms with Gasteiger partial charge in [-0.1, -0.05) is 13.8 Å². The van der Waals surface area contributed by atoms with Crippen LogP contribution in [0.5, 0.6) is 0 Å². The number of ketones is 1. The van der Waals surface area contributed by atoms with Gasteiger partial charge >= 0.3 is 0 Å². The molecule has 1 unspecified atom stereocenters. The molecule has 66 valence electrons. The molecule has 0 aromatic rings. The second-order valence-corrected chi connectivity index (χ2v) is 4.52. The lowest BCUT2D eigenvalue weighted by molar-refractivity contribution is -0.122. The Morgan fingerprint density at radius 3 is 2.27 bits per heavy atom. The van der Waals surface area contributed by atoms with E-state index >= 15 is 0 Å². The Kier molecular flexibility index (Phi) is 4.42. The normalized spacial score (nSPS) is 16.5. The van der Waals surface area contributed by atoms with Crippen molar-refractivity contribution in [1.29, 1.82) is 0 Å². The van der Waals surface area contributed by atoms with Crippen LogP contribution in [0.15, 0.2) is 0 Å². The fourth-order valence-electron chi connectivity index (χ4n) is 0.615. The predicted molar refractivity (Wildman–Crippen MR) is 49.4 cm³/mol. The summed E-state index contributed by atoms with van der Waals surface area (Å²) < 4.78 is 0. The molecule has 0 bridgehead atoms. The highest BCUT2D eigenvalue weighted by Gasteiger charge is 2.24. The van der Waals surface area contributed by atoms with Gasteiger partial charge in [0.05, 0.1) is 4.87 Å².